The Morgan fingerprint density at radius 1 is 1.00 bits per heavy atom. The summed E-state index contributed by atoms with van der Waals surface area (Å²) in [4.78, 5) is 26.3. The number of alkyl halides is 3. The third kappa shape index (κ3) is 8.25. The van der Waals surface area contributed by atoms with Crippen molar-refractivity contribution in [2.45, 2.75) is 37.7 Å². The van der Waals surface area contributed by atoms with Gasteiger partial charge in [0.1, 0.15) is 11.9 Å². The van der Waals surface area contributed by atoms with Crippen molar-refractivity contribution in [3.8, 4) is 5.75 Å². The molecule has 2 aliphatic rings. The minimum atomic E-state index is -5.08. The average Bonchev–Trinajstić information content (AvgIpc) is 3.54. The van der Waals surface area contributed by atoms with Crippen molar-refractivity contribution >= 4 is 45.9 Å². The third-order valence-corrected chi connectivity index (χ3v) is 7.78. The Balaban J connectivity index is 0.000000493. The van der Waals surface area contributed by atoms with Gasteiger partial charge < -0.3 is 20.1 Å². The van der Waals surface area contributed by atoms with Gasteiger partial charge in [-0.05, 0) is 55.1 Å². The van der Waals surface area contributed by atoms with Gasteiger partial charge in [-0.3, -0.25) is 9.69 Å². The third-order valence-electron chi connectivity index (χ3n) is 7.04. The van der Waals surface area contributed by atoms with Crippen LogP contribution in [0.1, 0.15) is 28.8 Å². The number of nitrogens with one attached hydrogen (secondary N) is 1. The summed E-state index contributed by atoms with van der Waals surface area (Å²) in [6, 6.07) is 17.9. The lowest BCUT2D eigenvalue weighted by atomic mass is 10.0. The minimum absolute atomic E-state index is 0.107. The van der Waals surface area contributed by atoms with E-state index in [1.54, 1.807) is 18.2 Å². The normalized spacial score (nSPS) is 19.6. The number of aliphatic carboxylic acids is 1. The number of carboxylic acid groups (broad SMARTS) is 1. The van der Waals surface area contributed by atoms with Crippen LogP contribution in [0.5, 0.6) is 5.75 Å². The molecule has 2 atom stereocenters. The molecule has 2 N–H and O–H groups in total. The summed E-state index contributed by atoms with van der Waals surface area (Å²) in [6.45, 7) is 4.64. The number of carbonyl (C=O) groups excluding carboxylic acids is 1. The van der Waals surface area contributed by atoms with Crippen LogP contribution in [0.15, 0.2) is 54.6 Å². The molecular weight excluding hydrogens is 582 g/mol. The molecule has 41 heavy (non-hydrogen) atoms. The van der Waals surface area contributed by atoms with Gasteiger partial charge in [0.25, 0.3) is 5.91 Å². The van der Waals surface area contributed by atoms with Gasteiger partial charge in [0.05, 0.1) is 10.0 Å². The number of benzene rings is 3. The highest BCUT2D eigenvalue weighted by atomic mass is 35.5. The first kappa shape index (κ1) is 30.9. The van der Waals surface area contributed by atoms with Crippen molar-refractivity contribution in [1.29, 1.82) is 0 Å². The standard InChI is InChI=1S/C27H29Cl2N3O2.C2HF3O2/c1-31-12-11-21(17-31)34-26-9-7-19(22-4-2-3-5-23(22)26)15-32-13-10-20(16-32)30-27(33)18-6-8-24(28)25(29)14-18;3-2(4,5)1(6)7/h2-9,14,20-21H,10-13,15-17H2,1H3,(H,30,33);(H,6,7)/t20-,21?;/m0./s1. The van der Waals surface area contributed by atoms with Crippen LogP contribution in [-0.2, 0) is 11.3 Å². The molecule has 5 rings (SSSR count). The van der Waals surface area contributed by atoms with E-state index in [-0.39, 0.29) is 18.1 Å². The van der Waals surface area contributed by atoms with Gasteiger partial charge in [-0.25, -0.2) is 4.79 Å². The zero-order chi connectivity index (χ0) is 29.7. The molecule has 0 saturated carbocycles. The number of nitrogens with zero attached hydrogens (tertiary/aromatic N) is 2. The van der Waals surface area contributed by atoms with Gasteiger partial charge in [0, 0.05) is 49.7 Å². The molecule has 0 spiro atoms. The molecule has 2 heterocycles. The van der Waals surface area contributed by atoms with Crippen LogP contribution in [0.2, 0.25) is 10.0 Å². The van der Waals surface area contributed by atoms with E-state index in [0.717, 1.165) is 51.3 Å². The van der Waals surface area contributed by atoms with E-state index in [2.05, 4.69) is 58.6 Å². The van der Waals surface area contributed by atoms with Gasteiger partial charge in [-0.2, -0.15) is 13.2 Å². The van der Waals surface area contributed by atoms with Crippen molar-refractivity contribution < 1.29 is 32.6 Å². The van der Waals surface area contributed by atoms with E-state index in [9.17, 15) is 18.0 Å². The number of hydrogen-bond donors (Lipinski definition) is 2. The van der Waals surface area contributed by atoms with Gasteiger partial charge in [-0.15, -0.1) is 0 Å². The molecular formula is C29H30Cl2F3N3O4. The Bertz CT molecular complexity index is 1410. The van der Waals surface area contributed by atoms with Crippen LogP contribution in [0.3, 0.4) is 0 Å². The predicted octanol–water partition coefficient (Wildman–Crippen LogP) is 5.87. The number of carbonyl (C=O) groups is 2. The number of likely N-dealkylation sites (N-methyl/N-ethyl adjacent to an activating group) is 1. The number of rotatable bonds is 6. The maximum absolute atomic E-state index is 12.7. The molecule has 0 bridgehead atoms. The Labute approximate surface area is 245 Å². The van der Waals surface area contributed by atoms with Gasteiger partial charge in [-0.1, -0.05) is 53.5 Å². The van der Waals surface area contributed by atoms with E-state index in [1.807, 2.05) is 0 Å². The smallest absolute Gasteiger partial charge is 0.488 e. The summed E-state index contributed by atoms with van der Waals surface area (Å²) >= 11 is 12.0. The lowest BCUT2D eigenvalue weighted by Crippen LogP contribution is -2.37. The van der Waals surface area contributed by atoms with Crippen molar-refractivity contribution in [2.24, 2.45) is 0 Å². The van der Waals surface area contributed by atoms with Crippen LogP contribution in [0.25, 0.3) is 10.8 Å². The molecule has 1 unspecified atom stereocenters. The molecule has 2 aliphatic heterocycles. The molecule has 12 heteroatoms. The van der Waals surface area contributed by atoms with Crippen molar-refractivity contribution in [3.05, 3.63) is 75.8 Å². The lowest BCUT2D eigenvalue weighted by molar-refractivity contribution is -0.192. The number of likely N-dealkylation sites (tertiary alicyclic amines) is 2. The number of halogens is 5. The average molecular weight is 612 g/mol. The first-order valence-electron chi connectivity index (χ1n) is 13.0. The fourth-order valence-electron chi connectivity index (χ4n) is 4.99. The highest BCUT2D eigenvalue weighted by Crippen LogP contribution is 2.32. The number of amides is 1. The fourth-order valence-corrected chi connectivity index (χ4v) is 5.28. The van der Waals surface area contributed by atoms with Crippen LogP contribution in [0.4, 0.5) is 13.2 Å². The highest BCUT2D eigenvalue weighted by Gasteiger charge is 2.38. The van der Waals surface area contributed by atoms with Gasteiger partial charge in [0.2, 0.25) is 0 Å². The largest absolute Gasteiger partial charge is 0.490 e. The first-order valence-corrected chi connectivity index (χ1v) is 13.8. The second-order valence-corrected chi connectivity index (χ2v) is 11.0. The van der Waals surface area contributed by atoms with Crippen molar-refractivity contribution in [2.75, 3.05) is 33.2 Å². The summed E-state index contributed by atoms with van der Waals surface area (Å²) in [5.74, 6) is -1.91. The van der Waals surface area contributed by atoms with Crippen LogP contribution in [-0.4, -0.2) is 78.3 Å². The topological polar surface area (TPSA) is 82.1 Å². The number of fused-ring (bicyclic) bond motifs is 1. The Hall–Kier alpha value is -3.05. The maximum atomic E-state index is 12.7. The highest BCUT2D eigenvalue weighted by molar-refractivity contribution is 6.42. The van der Waals surface area contributed by atoms with Gasteiger partial charge in [0.15, 0.2) is 0 Å². The van der Waals surface area contributed by atoms with Crippen molar-refractivity contribution in [3.63, 3.8) is 0 Å². The summed E-state index contributed by atoms with van der Waals surface area (Å²) in [7, 11) is 2.14. The second kappa shape index (κ2) is 13.3. The maximum Gasteiger partial charge on any atom is 0.490 e. The Kier molecular flexibility index (Phi) is 10.0. The van der Waals surface area contributed by atoms with E-state index in [0.29, 0.717) is 15.6 Å². The molecule has 1 amide bonds. The molecule has 0 aromatic heterocycles. The molecule has 0 radical (unpaired) electrons. The minimum Gasteiger partial charge on any atom is -0.488 e. The summed E-state index contributed by atoms with van der Waals surface area (Å²) in [5.41, 5.74) is 1.81. The fraction of sp³-hybridized carbons (Fsp3) is 0.379. The molecule has 0 aliphatic carbocycles. The van der Waals surface area contributed by atoms with Crippen LogP contribution >= 0.6 is 23.2 Å². The lowest BCUT2D eigenvalue weighted by Gasteiger charge is -2.20. The second-order valence-electron chi connectivity index (χ2n) is 10.2. The van der Waals surface area contributed by atoms with E-state index in [4.69, 9.17) is 37.8 Å². The van der Waals surface area contributed by atoms with E-state index in [1.165, 1.54) is 16.3 Å². The summed E-state index contributed by atoms with van der Waals surface area (Å²) in [5, 5.41) is 13.5. The number of carboxylic acids is 1. The van der Waals surface area contributed by atoms with E-state index < -0.39 is 12.1 Å². The predicted molar refractivity (Wildman–Crippen MR) is 152 cm³/mol. The zero-order valence-corrected chi connectivity index (χ0v) is 23.8. The van der Waals surface area contributed by atoms with Crippen LogP contribution < -0.4 is 10.1 Å². The monoisotopic (exact) mass is 611 g/mol. The quantitative estimate of drug-likeness (QED) is 0.363. The Morgan fingerprint density at radius 3 is 2.34 bits per heavy atom. The van der Waals surface area contributed by atoms with Crippen LogP contribution in [0, 0.1) is 0 Å². The molecule has 3 aromatic carbocycles. The van der Waals surface area contributed by atoms with Crippen molar-refractivity contribution in [1.82, 2.24) is 15.1 Å². The van der Waals surface area contributed by atoms with E-state index >= 15 is 0 Å². The summed E-state index contributed by atoms with van der Waals surface area (Å²) < 4.78 is 38.1. The zero-order valence-electron chi connectivity index (χ0n) is 22.3. The summed E-state index contributed by atoms with van der Waals surface area (Å²) in [6.07, 6.45) is -2.85. The molecule has 2 fully saturated rings. The SMILES string of the molecule is CN1CCC(Oc2ccc(CN3CC[C@H](NC(=O)c4ccc(Cl)c(Cl)c4)C3)c3ccccc23)C1.O=C(O)C(F)(F)F. The Morgan fingerprint density at radius 2 is 1.71 bits per heavy atom. The molecule has 2 saturated heterocycles. The molecule has 220 valence electrons. The number of ether oxygens (including phenoxy) is 1. The molecule has 3 aromatic rings. The van der Waals surface area contributed by atoms with Gasteiger partial charge >= 0.3 is 12.1 Å². The molecule has 7 nitrogen and oxygen atoms in total. The number of hydrogen-bond acceptors (Lipinski definition) is 5. The first-order chi connectivity index (χ1) is 19.4.